The molecule has 0 bridgehead atoms. The molecule has 3 rings (SSSR count). The van der Waals surface area contributed by atoms with Crippen LogP contribution in [-0.4, -0.2) is 19.2 Å². The molecule has 9 heteroatoms. The van der Waals surface area contributed by atoms with Gasteiger partial charge >= 0.3 is 0 Å². The summed E-state index contributed by atoms with van der Waals surface area (Å²) in [7, 11) is -1.94. The summed E-state index contributed by atoms with van der Waals surface area (Å²) in [5.41, 5.74) is 1.03. The highest BCUT2D eigenvalue weighted by Gasteiger charge is 2.26. The zero-order chi connectivity index (χ0) is 22.8. The quantitative estimate of drug-likeness (QED) is 0.480. The maximum absolute atomic E-state index is 14.8. The molecule has 0 amide bonds. The maximum Gasteiger partial charge on any atom is 0.250 e. The highest BCUT2D eigenvalue weighted by atomic mass is 35.5. The molecule has 0 spiro atoms. The standard InChI is InChI=1S/C22H20ClFN2O4S/c1-26-13-15(6-9-22(26)27)21(25-28)12-19(18-8-7-16(23)11-20(18)24)14-4-3-5-17(10-14)31(2,29)30/h3-11,13,19,21H,12H2,1-2H3. The number of sulfone groups is 1. The molecular weight excluding hydrogens is 443 g/mol. The number of rotatable bonds is 7. The summed E-state index contributed by atoms with van der Waals surface area (Å²) in [5, 5.41) is 3.42. The van der Waals surface area contributed by atoms with Gasteiger partial charge in [-0.15, -0.1) is 0 Å². The molecule has 2 unspecified atom stereocenters. The fourth-order valence-corrected chi connectivity index (χ4v) is 4.30. The smallest absolute Gasteiger partial charge is 0.250 e. The van der Waals surface area contributed by atoms with Crippen molar-refractivity contribution < 1.29 is 12.8 Å². The summed E-state index contributed by atoms with van der Waals surface area (Å²) in [5.74, 6) is -1.26. The van der Waals surface area contributed by atoms with E-state index in [0.29, 0.717) is 11.1 Å². The first kappa shape index (κ1) is 22.8. The van der Waals surface area contributed by atoms with E-state index in [1.54, 1.807) is 19.2 Å². The second-order valence-electron chi connectivity index (χ2n) is 7.33. The Morgan fingerprint density at radius 3 is 2.45 bits per heavy atom. The summed E-state index contributed by atoms with van der Waals surface area (Å²) in [6.45, 7) is 0. The van der Waals surface area contributed by atoms with E-state index < -0.39 is 27.6 Å². The highest BCUT2D eigenvalue weighted by Crippen LogP contribution is 2.38. The van der Waals surface area contributed by atoms with Crippen LogP contribution in [0.15, 0.2) is 75.7 Å². The lowest BCUT2D eigenvalue weighted by molar-refractivity contribution is 0.548. The minimum absolute atomic E-state index is 0.0630. The van der Waals surface area contributed by atoms with E-state index in [2.05, 4.69) is 5.18 Å². The van der Waals surface area contributed by atoms with E-state index in [1.165, 1.54) is 53.2 Å². The van der Waals surface area contributed by atoms with Gasteiger partial charge in [-0.05, 0) is 53.4 Å². The maximum atomic E-state index is 14.8. The van der Waals surface area contributed by atoms with Gasteiger partial charge in [-0.1, -0.05) is 35.0 Å². The number of aromatic nitrogens is 1. The first-order valence-corrected chi connectivity index (χ1v) is 11.6. The van der Waals surface area contributed by atoms with Crippen molar-refractivity contribution in [2.45, 2.75) is 23.3 Å². The van der Waals surface area contributed by atoms with Gasteiger partial charge in [0.15, 0.2) is 9.84 Å². The van der Waals surface area contributed by atoms with Crippen molar-refractivity contribution in [2.75, 3.05) is 6.26 Å². The molecule has 0 saturated heterocycles. The van der Waals surface area contributed by atoms with Crippen LogP contribution in [0.1, 0.15) is 35.1 Å². The van der Waals surface area contributed by atoms with Crippen LogP contribution in [0.4, 0.5) is 4.39 Å². The monoisotopic (exact) mass is 462 g/mol. The van der Waals surface area contributed by atoms with Crippen molar-refractivity contribution in [3.63, 3.8) is 0 Å². The molecule has 162 valence electrons. The van der Waals surface area contributed by atoms with Gasteiger partial charge in [0.05, 0.1) is 4.90 Å². The topological polar surface area (TPSA) is 85.6 Å². The Kier molecular flexibility index (Phi) is 6.71. The van der Waals surface area contributed by atoms with E-state index in [0.717, 1.165) is 6.26 Å². The number of nitroso groups, excluding NO2 is 1. The van der Waals surface area contributed by atoms with Crippen LogP contribution >= 0.6 is 11.6 Å². The van der Waals surface area contributed by atoms with E-state index >= 15 is 0 Å². The minimum Gasteiger partial charge on any atom is -0.318 e. The van der Waals surface area contributed by atoms with Crippen LogP contribution in [0, 0.1) is 10.7 Å². The van der Waals surface area contributed by atoms with Crippen LogP contribution in [-0.2, 0) is 16.9 Å². The lowest BCUT2D eigenvalue weighted by atomic mass is 9.84. The van der Waals surface area contributed by atoms with Gasteiger partial charge in [0.25, 0.3) is 0 Å². The van der Waals surface area contributed by atoms with E-state index in [1.807, 2.05) is 0 Å². The van der Waals surface area contributed by atoms with Gasteiger partial charge in [0.1, 0.15) is 11.9 Å². The summed E-state index contributed by atoms with van der Waals surface area (Å²) in [4.78, 5) is 23.5. The Balaban J connectivity index is 2.12. The first-order chi connectivity index (χ1) is 14.6. The second kappa shape index (κ2) is 9.11. The fourth-order valence-electron chi connectivity index (χ4n) is 3.46. The average Bonchev–Trinajstić information content (AvgIpc) is 2.71. The number of halogens is 2. The largest absolute Gasteiger partial charge is 0.318 e. The molecule has 0 aliphatic carbocycles. The van der Waals surface area contributed by atoms with Crippen molar-refractivity contribution in [3.05, 3.63) is 104 Å². The Hall–Kier alpha value is -2.84. The van der Waals surface area contributed by atoms with Crippen LogP contribution in [0.5, 0.6) is 0 Å². The third kappa shape index (κ3) is 5.26. The fraction of sp³-hybridized carbons (Fsp3) is 0.227. The molecule has 0 fully saturated rings. The van der Waals surface area contributed by atoms with Crippen molar-refractivity contribution >= 4 is 21.4 Å². The van der Waals surface area contributed by atoms with Gasteiger partial charge < -0.3 is 4.57 Å². The van der Waals surface area contributed by atoms with Crippen LogP contribution in [0.3, 0.4) is 0 Å². The number of benzene rings is 2. The lowest BCUT2D eigenvalue weighted by Crippen LogP contribution is -2.16. The van der Waals surface area contributed by atoms with Crippen LogP contribution < -0.4 is 5.56 Å². The number of nitrogens with zero attached hydrogens (tertiary/aromatic N) is 2. The Labute approximate surface area is 184 Å². The first-order valence-electron chi connectivity index (χ1n) is 9.34. The zero-order valence-electron chi connectivity index (χ0n) is 16.8. The molecule has 0 aliphatic heterocycles. The summed E-state index contributed by atoms with van der Waals surface area (Å²) in [6, 6.07) is 12.3. The third-order valence-corrected chi connectivity index (χ3v) is 6.45. The lowest BCUT2D eigenvalue weighted by Gasteiger charge is -2.22. The average molecular weight is 463 g/mol. The molecule has 6 nitrogen and oxygen atoms in total. The summed E-state index contributed by atoms with van der Waals surface area (Å²) < 4.78 is 40.2. The van der Waals surface area contributed by atoms with Crippen molar-refractivity contribution in [2.24, 2.45) is 12.2 Å². The molecule has 0 radical (unpaired) electrons. The highest BCUT2D eigenvalue weighted by molar-refractivity contribution is 7.90. The predicted molar refractivity (Wildman–Crippen MR) is 118 cm³/mol. The predicted octanol–water partition coefficient (Wildman–Crippen LogP) is 4.61. The summed E-state index contributed by atoms with van der Waals surface area (Å²) >= 11 is 5.89. The summed E-state index contributed by atoms with van der Waals surface area (Å²) in [6.07, 6.45) is 2.66. The van der Waals surface area contributed by atoms with E-state index in [9.17, 15) is 22.5 Å². The van der Waals surface area contributed by atoms with Crippen molar-refractivity contribution in [1.82, 2.24) is 4.57 Å². The molecule has 1 heterocycles. The van der Waals surface area contributed by atoms with Crippen LogP contribution in [0.25, 0.3) is 0 Å². The van der Waals surface area contributed by atoms with E-state index in [4.69, 9.17) is 11.6 Å². The van der Waals surface area contributed by atoms with Crippen molar-refractivity contribution in [1.29, 1.82) is 0 Å². The Morgan fingerprint density at radius 1 is 1.10 bits per heavy atom. The second-order valence-corrected chi connectivity index (χ2v) is 9.78. The van der Waals surface area contributed by atoms with Gasteiger partial charge in [0.2, 0.25) is 5.56 Å². The van der Waals surface area contributed by atoms with Gasteiger partial charge in [-0.3, -0.25) is 4.79 Å². The molecular formula is C22H20ClFN2O4S. The number of hydrogen-bond donors (Lipinski definition) is 0. The number of pyridine rings is 1. The minimum atomic E-state index is -3.49. The zero-order valence-corrected chi connectivity index (χ0v) is 18.4. The molecule has 0 saturated carbocycles. The van der Waals surface area contributed by atoms with Crippen molar-refractivity contribution in [3.8, 4) is 0 Å². The van der Waals surface area contributed by atoms with Gasteiger partial charge in [-0.25, -0.2) is 12.8 Å². The molecule has 3 aromatic rings. The Morgan fingerprint density at radius 2 is 1.84 bits per heavy atom. The van der Waals surface area contributed by atoms with Gasteiger partial charge in [-0.2, -0.15) is 4.91 Å². The third-order valence-electron chi connectivity index (χ3n) is 5.11. The molecule has 2 aromatic carbocycles. The molecule has 0 aliphatic rings. The van der Waals surface area contributed by atoms with Gasteiger partial charge in [0, 0.05) is 36.5 Å². The molecule has 31 heavy (non-hydrogen) atoms. The van der Waals surface area contributed by atoms with E-state index in [-0.39, 0.29) is 27.5 Å². The Bertz CT molecular complexity index is 1290. The normalized spacial score (nSPS) is 13.5. The van der Waals surface area contributed by atoms with Crippen LogP contribution in [0.2, 0.25) is 5.02 Å². The number of aryl methyl sites for hydroxylation is 1. The molecule has 1 aromatic heterocycles. The molecule has 2 atom stereocenters. The molecule has 0 N–H and O–H groups in total. The SMILES string of the molecule is Cn1cc(C(CC(c2cccc(S(C)(=O)=O)c2)c2ccc(Cl)cc2F)N=O)ccc1=O. The number of hydrogen-bond acceptors (Lipinski definition) is 5.